The van der Waals surface area contributed by atoms with Gasteiger partial charge in [0.2, 0.25) is 10.0 Å². The average Bonchev–Trinajstić information content (AvgIpc) is 2.63. The van der Waals surface area contributed by atoms with Crippen LogP contribution >= 0.6 is 0 Å². The summed E-state index contributed by atoms with van der Waals surface area (Å²) in [6.07, 6.45) is -0.632. The van der Waals surface area contributed by atoms with Crippen LogP contribution in [-0.2, 0) is 16.4 Å². The van der Waals surface area contributed by atoms with Crippen LogP contribution in [0.2, 0.25) is 0 Å². The Morgan fingerprint density at radius 2 is 1.80 bits per heavy atom. The zero-order valence-electron chi connectivity index (χ0n) is 13.9. The largest absolute Gasteiger partial charge is 0.497 e. The molecule has 0 bridgehead atoms. The minimum Gasteiger partial charge on any atom is -0.497 e. The Morgan fingerprint density at radius 3 is 2.44 bits per heavy atom. The van der Waals surface area contributed by atoms with Crippen LogP contribution < -0.4 is 4.74 Å². The molecule has 134 valence electrons. The Hall–Kier alpha value is -1.93. The van der Waals surface area contributed by atoms with Gasteiger partial charge in [0.25, 0.3) is 0 Å². The number of sulfonamides is 1. The number of benzene rings is 2. The van der Waals surface area contributed by atoms with Crippen LogP contribution in [0, 0.1) is 0 Å². The SMILES string of the molecule is COc1ccc(C[C@@H]2[C@H](O)c3ccccc3S(=O)(=O)N2CCO)cc1. The summed E-state index contributed by atoms with van der Waals surface area (Å²) in [6.45, 7) is -0.373. The van der Waals surface area contributed by atoms with Crippen molar-refractivity contribution >= 4 is 10.0 Å². The molecule has 2 aromatic carbocycles. The van der Waals surface area contributed by atoms with E-state index in [2.05, 4.69) is 0 Å². The van der Waals surface area contributed by atoms with E-state index in [0.29, 0.717) is 17.7 Å². The van der Waals surface area contributed by atoms with Gasteiger partial charge in [-0.3, -0.25) is 0 Å². The van der Waals surface area contributed by atoms with Gasteiger partial charge < -0.3 is 14.9 Å². The highest BCUT2D eigenvalue weighted by Crippen LogP contribution is 2.37. The van der Waals surface area contributed by atoms with E-state index in [1.54, 1.807) is 37.4 Å². The number of hydrogen-bond donors (Lipinski definition) is 2. The molecule has 0 unspecified atom stereocenters. The number of ether oxygens (including phenoxy) is 1. The number of β-amino-alcohol motifs (C(OH)–C–C–N with tert-alkyl or cyclic N) is 1. The highest BCUT2D eigenvalue weighted by atomic mass is 32.2. The van der Waals surface area contributed by atoms with Gasteiger partial charge >= 0.3 is 0 Å². The van der Waals surface area contributed by atoms with Crippen molar-refractivity contribution in [2.24, 2.45) is 0 Å². The summed E-state index contributed by atoms with van der Waals surface area (Å²) in [5.74, 6) is 0.707. The van der Waals surface area contributed by atoms with Gasteiger partial charge in [-0.05, 0) is 30.2 Å². The minimum atomic E-state index is -3.77. The molecular weight excluding hydrogens is 342 g/mol. The molecule has 25 heavy (non-hydrogen) atoms. The van der Waals surface area contributed by atoms with E-state index in [4.69, 9.17) is 4.74 Å². The van der Waals surface area contributed by atoms with Gasteiger partial charge in [-0.15, -0.1) is 0 Å². The molecule has 0 spiro atoms. The lowest BCUT2D eigenvalue weighted by Gasteiger charge is -2.39. The Balaban J connectivity index is 2.01. The van der Waals surface area contributed by atoms with Crippen molar-refractivity contribution in [3.05, 3.63) is 59.7 Å². The molecule has 0 aliphatic carbocycles. The van der Waals surface area contributed by atoms with Crippen molar-refractivity contribution in [1.29, 1.82) is 0 Å². The zero-order valence-corrected chi connectivity index (χ0v) is 14.7. The van der Waals surface area contributed by atoms with Crippen LogP contribution in [-0.4, -0.2) is 49.2 Å². The second-order valence-corrected chi connectivity index (χ2v) is 7.80. The lowest BCUT2D eigenvalue weighted by molar-refractivity contribution is 0.0725. The normalized spacial score (nSPS) is 22.4. The summed E-state index contributed by atoms with van der Waals surface area (Å²) in [5, 5.41) is 20.1. The number of fused-ring (bicyclic) bond motifs is 1. The first kappa shape index (κ1) is 17.9. The van der Waals surface area contributed by atoms with Crippen molar-refractivity contribution in [3.8, 4) is 5.75 Å². The minimum absolute atomic E-state index is 0.0610. The molecule has 7 heteroatoms. The third kappa shape index (κ3) is 3.28. The van der Waals surface area contributed by atoms with Crippen molar-refractivity contribution in [2.75, 3.05) is 20.3 Å². The van der Waals surface area contributed by atoms with Gasteiger partial charge in [0.05, 0.1) is 30.8 Å². The quantitative estimate of drug-likeness (QED) is 0.837. The molecule has 6 nitrogen and oxygen atoms in total. The van der Waals surface area contributed by atoms with E-state index in [9.17, 15) is 18.6 Å². The molecule has 2 aromatic rings. The maximum atomic E-state index is 12.9. The van der Waals surface area contributed by atoms with E-state index < -0.39 is 22.2 Å². The molecule has 1 aliphatic rings. The van der Waals surface area contributed by atoms with Gasteiger partial charge in [-0.1, -0.05) is 30.3 Å². The van der Waals surface area contributed by atoms with Gasteiger partial charge in [-0.2, -0.15) is 4.31 Å². The molecule has 0 radical (unpaired) electrons. The molecule has 0 amide bonds. The molecular formula is C18H21NO5S. The second kappa shape index (κ2) is 7.13. The van der Waals surface area contributed by atoms with Gasteiger partial charge in [0.15, 0.2) is 0 Å². The van der Waals surface area contributed by atoms with Crippen LogP contribution in [0.5, 0.6) is 5.75 Å². The number of hydrogen-bond acceptors (Lipinski definition) is 5. The number of aliphatic hydroxyl groups excluding tert-OH is 2. The predicted molar refractivity (Wildman–Crippen MR) is 92.9 cm³/mol. The van der Waals surface area contributed by atoms with Crippen molar-refractivity contribution in [2.45, 2.75) is 23.5 Å². The summed E-state index contributed by atoms with van der Waals surface area (Å²) >= 11 is 0. The Bertz CT molecular complexity index is 835. The Morgan fingerprint density at radius 1 is 1.12 bits per heavy atom. The van der Waals surface area contributed by atoms with E-state index >= 15 is 0 Å². The standard InChI is InChI=1S/C18H21NO5S/c1-24-14-8-6-13(7-9-14)12-16-18(21)15-4-2-3-5-17(15)25(22,23)19(16)10-11-20/h2-9,16,18,20-21H,10-12H2,1H3/t16-,18-/m1/s1. The Kier molecular flexibility index (Phi) is 5.10. The van der Waals surface area contributed by atoms with Crippen LogP contribution in [0.3, 0.4) is 0 Å². The topological polar surface area (TPSA) is 87.1 Å². The molecule has 1 heterocycles. The second-order valence-electron chi connectivity index (χ2n) is 5.94. The predicted octanol–water partition coefficient (Wildman–Crippen LogP) is 1.34. The highest BCUT2D eigenvalue weighted by Gasteiger charge is 2.43. The van der Waals surface area contributed by atoms with E-state index in [1.165, 1.54) is 10.4 Å². The van der Waals surface area contributed by atoms with E-state index in [-0.39, 0.29) is 18.0 Å². The molecule has 2 N–H and O–H groups in total. The van der Waals surface area contributed by atoms with Crippen LogP contribution in [0.15, 0.2) is 53.4 Å². The fraction of sp³-hybridized carbons (Fsp3) is 0.333. The Labute approximate surface area is 147 Å². The lowest BCUT2D eigenvalue weighted by Crippen LogP contribution is -2.50. The first-order valence-corrected chi connectivity index (χ1v) is 9.45. The van der Waals surface area contributed by atoms with Crippen LogP contribution in [0.4, 0.5) is 0 Å². The third-order valence-corrected chi connectivity index (χ3v) is 6.48. The highest BCUT2D eigenvalue weighted by molar-refractivity contribution is 7.89. The number of aliphatic hydroxyl groups is 2. The smallest absolute Gasteiger partial charge is 0.243 e. The molecule has 1 aliphatic heterocycles. The fourth-order valence-corrected chi connectivity index (χ4v) is 5.09. The maximum Gasteiger partial charge on any atom is 0.243 e. The molecule has 0 saturated carbocycles. The number of nitrogens with zero attached hydrogens (tertiary/aromatic N) is 1. The number of rotatable bonds is 5. The van der Waals surface area contributed by atoms with E-state index in [1.807, 2.05) is 12.1 Å². The molecule has 3 rings (SSSR count). The van der Waals surface area contributed by atoms with Crippen LogP contribution in [0.25, 0.3) is 0 Å². The van der Waals surface area contributed by atoms with Crippen molar-refractivity contribution in [3.63, 3.8) is 0 Å². The van der Waals surface area contributed by atoms with Gasteiger partial charge in [0, 0.05) is 12.1 Å². The summed E-state index contributed by atoms with van der Waals surface area (Å²) < 4.78 is 32.2. The fourth-order valence-electron chi connectivity index (χ4n) is 3.23. The monoisotopic (exact) mass is 363 g/mol. The van der Waals surface area contributed by atoms with Crippen molar-refractivity contribution in [1.82, 2.24) is 4.31 Å². The van der Waals surface area contributed by atoms with E-state index in [0.717, 1.165) is 5.56 Å². The molecule has 0 aromatic heterocycles. The van der Waals surface area contributed by atoms with Gasteiger partial charge in [-0.25, -0.2) is 8.42 Å². The molecule has 0 saturated heterocycles. The first-order chi connectivity index (χ1) is 12.0. The first-order valence-electron chi connectivity index (χ1n) is 8.01. The van der Waals surface area contributed by atoms with Gasteiger partial charge in [0.1, 0.15) is 5.75 Å². The summed E-state index contributed by atoms with van der Waals surface area (Å²) in [6, 6.07) is 13.1. The lowest BCUT2D eigenvalue weighted by atomic mass is 9.95. The summed E-state index contributed by atoms with van der Waals surface area (Å²) in [5.41, 5.74) is 1.28. The van der Waals surface area contributed by atoms with Crippen LogP contribution in [0.1, 0.15) is 17.2 Å². The summed E-state index contributed by atoms with van der Waals surface area (Å²) in [7, 11) is -2.20. The molecule has 2 atom stereocenters. The maximum absolute atomic E-state index is 12.9. The third-order valence-electron chi connectivity index (χ3n) is 4.48. The van der Waals surface area contributed by atoms with Crippen molar-refractivity contribution < 1.29 is 23.4 Å². The molecule has 0 fully saturated rings. The average molecular weight is 363 g/mol. The zero-order chi connectivity index (χ0) is 18.0. The number of methoxy groups -OCH3 is 1. The summed E-state index contributed by atoms with van der Waals surface area (Å²) in [4.78, 5) is 0.0990.